The lowest BCUT2D eigenvalue weighted by atomic mass is 9.88. The molecule has 11 aromatic rings. The van der Waals surface area contributed by atoms with Crippen LogP contribution in [0.25, 0.3) is 88.3 Å². The second-order valence-electron chi connectivity index (χ2n) is 15.6. The predicted molar refractivity (Wildman–Crippen MR) is 253 cm³/mol. The third-order valence-corrected chi connectivity index (χ3v) is 12.1. The summed E-state index contributed by atoms with van der Waals surface area (Å²) in [5, 5.41) is 4.59. The van der Waals surface area contributed by atoms with Gasteiger partial charge < -0.3 is 14.1 Å². The maximum absolute atomic E-state index is 6.94. The number of ether oxygens (including phenoxy) is 1. The molecule has 0 saturated carbocycles. The Hall–Kier alpha value is -8.14. The quantitative estimate of drug-likeness (QED) is 0.168. The van der Waals surface area contributed by atoms with E-state index in [-0.39, 0.29) is 0 Å². The van der Waals surface area contributed by atoms with Crippen molar-refractivity contribution in [3.63, 3.8) is 0 Å². The number of fused-ring (bicyclic) bond motifs is 10. The minimum Gasteiger partial charge on any atom is -0.456 e. The van der Waals surface area contributed by atoms with Crippen LogP contribution in [0.15, 0.2) is 229 Å². The van der Waals surface area contributed by atoms with Gasteiger partial charge in [0.2, 0.25) is 0 Å². The molecule has 0 spiro atoms. The van der Waals surface area contributed by atoms with E-state index in [2.05, 4.69) is 217 Å². The number of hydrogen-bond donors (Lipinski definition) is 0. The van der Waals surface area contributed by atoms with Crippen LogP contribution in [0, 0.1) is 0 Å². The Morgan fingerprint density at radius 1 is 0.311 bits per heavy atom. The molecule has 0 N–H and O–H groups in total. The molecule has 0 saturated heterocycles. The fourth-order valence-corrected chi connectivity index (χ4v) is 9.13. The second-order valence-corrected chi connectivity index (χ2v) is 15.6. The van der Waals surface area contributed by atoms with Gasteiger partial charge in [-0.05, 0) is 110 Å². The van der Waals surface area contributed by atoms with Gasteiger partial charge in [-0.1, -0.05) is 164 Å². The van der Waals surface area contributed by atoms with Crippen molar-refractivity contribution in [3.05, 3.63) is 224 Å². The van der Waals surface area contributed by atoms with Crippen LogP contribution in [0.1, 0.15) is 0 Å². The molecule has 2 heterocycles. The normalized spacial score (nSPS) is 11.7. The molecule has 3 heteroatoms. The van der Waals surface area contributed by atoms with E-state index >= 15 is 0 Å². The second kappa shape index (κ2) is 14.3. The molecular formula is C58H37NO2. The summed E-state index contributed by atoms with van der Waals surface area (Å²) in [6, 6.07) is 79.8. The maximum Gasteiger partial charge on any atom is 0.143 e. The number of anilines is 3. The zero-order valence-corrected chi connectivity index (χ0v) is 33.1. The first-order valence-electron chi connectivity index (χ1n) is 20.7. The monoisotopic (exact) mass is 779 g/mol. The number of benzene rings is 10. The number of hydrogen-bond acceptors (Lipinski definition) is 3. The Kier molecular flexibility index (Phi) is 8.17. The molecule has 0 bridgehead atoms. The SMILES string of the molecule is c1ccc(-c2ccc(N(c3ccc(-c4cccc5c4oc4ccccc45)cc3)c3ccc4c(c3)-c3ccc(-c5ccccc5)cc3-c3c(ccc5ccccc35)O4)cc2)cc1. The highest BCUT2D eigenvalue weighted by Gasteiger charge is 2.25. The van der Waals surface area contributed by atoms with E-state index in [0.717, 1.165) is 94.8 Å². The molecule has 1 aliphatic rings. The summed E-state index contributed by atoms with van der Waals surface area (Å²) >= 11 is 0. The summed E-state index contributed by atoms with van der Waals surface area (Å²) in [5.41, 5.74) is 16.2. The van der Waals surface area contributed by atoms with Gasteiger partial charge in [-0.3, -0.25) is 0 Å². The van der Waals surface area contributed by atoms with Crippen LogP contribution < -0.4 is 9.64 Å². The highest BCUT2D eigenvalue weighted by molar-refractivity contribution is 6.10. The standard InChI is InChI=1S/C58H37NO2/c1-3-12-38(13-4-1)40-22-28-44(29-23-40)59(45-30-24-42(25-31-45)48-19-11-20-51-50-18-9-10-21-54(50)61-58(48)51)46-32-35-55-52(37-46)49-33-26-43(39-14-5-2-6-15-39)36-53(49)57-47-17-8-7-16-41(47)27-34-56(57)60-55/h1-37H. The third-order valence-electron chi connectivity index (χ3n) is 12.1. The van der Waals surface area contributed by atoms with Crippen molar-refractivity contribution in [1.29, 1.82) is 0 Å². The molecule has 61 heavy (non-hydrogen) atoms. The Morgan fingerprint density at radius 2 is 0.902 bits per heavy atom. The fourth-order valence-electron chi connectivity index (χ4n) is 9.13. The van der Waals surface area contributed by atoms with Crippen molar-refractivity contribution in [3.8, 4) is 67.1 Å². The smallest absolute Gasteiger partial charge is 0.143 e. The maximum atomic E-state index is 6.94. The predicted octanol–water partition coefficient (Wildman–Crippen LogP) is 16.6. The van der Waals surface area contributed by atoms with E-state index < -0.39 is 0 Å². The molecule has 0 atom stereocenters. The van der Waals surface area contributed by atoms with Gasteiger partial charge in [0.05, 0.1) is 0 Å². The van der Waals surface area contributed by atoms with Crippen LogP contribution in [0.5, 0.6) is 11.5 Å². The summed E-state index contributed by atoms with van der Waals surface area (Å²) in [7, 11) is 0. The van der Waals surface area contributed by atoms with Crippen LogP contribution in [0.2, 0.25) is 0 Å². The zero-order valence-electron chi connectivity index (χ0n) is 33.1. The molecule has 286 valence electrons. The van der Waals surface area contributed by atoms with E-state index in [4.69, 9.17) is 9.15 Å². The van der Waals surface area contributed by atoms with Gasteiger partial charge in [0.15, 0.2) is 0 Å². The summed E-state index contributed by atoms with van der Waals surface area (Å²) in [6.07, 6.45) is 0. The molecule has 1 aliphatic heterocycles. The summed E-state index contributed by atoms with van der Waals surface area (Å²) in [4.78, 5) is 2.34. The van der Waals surface area contributed by atoms with Crippen LogP contribution in [-0.2, 0) is 0 Å². The molecule has 3 nitrogen and oxygen atoms in total. The number of furan rings is 1. The number of rotatable bonds is 6. The molecule has 0 amide bonds. The van der Waals surface area contributed by atoms with Crippen molar-refractivity contribution in [2.75, 3.05) is 4.90 Å². The highest BCUT2D eigenvalue weighted by atomic mass is 16.5. The van der Waals surface area contributed by atoms with E-state index in [1.165, 1.54) is 22.1 Å². The van der Waals surface area contributed by atoms with Gasteiger partial charge >= 0.3 is 0 Å². The van der Waals surface area contributed by atoms with Crippen LogP contribution in [-0.4, -0.2) is 0 Å². The Bertz CT molecular complexity index is 3420. The van der Waals surface area contributed by atoms with Gasteiger partial charge in [-0.25, -0.2) is 0 Å². The minimum absolute atomic E-state index is 0.820. The lowest BCUT2D eigenvalue weighted by Gasteiger charge is -2.27. The van der Waals surface area contributed by atoms with Crippen LogP contribution >= 0.6 is 0 Å². The third kappa shape index (κ3) is 5.98. The van der Waals surface area contributed by atoms with Crippen molar-refractivity contribution in [2.45, 2.75) is 0 Å². The Labute approximate surface area is 354 Å². The molecule has 0 unspecified atom stereocenters. The molecule has 0 fully saturated rings. The molecular weight excluding hydrogens is 743 g/mol. The van der Waals surface area contributed by atoms with Crippen LogP contribution in [0.3, 0.4) is 0 Å². The lowest BCUT2D eigenvalue weighted by molar-refractivity contribution is 0.488. The summed E-state index contributed by atoms with van der Waals surface area (Å²) < 4.78 is 13.4. The molecule has 10 aromatic carbocycles. The number of nitrogens with zero attached hydrogens (tertiary/aromatic N) is 1. The molecule has 1 aromatic heterocycles. The Morgan fingerprint density at radius 3 is 1.67 bits per heavy atom. The topological polar surface area (TPSA) is 25.6 Å². The van der Waals surface area contributed by atoms with E-state index in [0.29, 0.717) is 0 Å². The summed E-state index contributed by atoms with van der Waals surface area (Å²) in [6.45, 7) is 0. The Balaban J connectivity index is 1.02. The molecule has 0 radical (unpaired) electrons. The van der Waals surface area contributed by atoms with Crippen LogP contribution in [0.4, 0.5) is 17.1 Å². The average molecular weight is 780 g/mol. The van der Waals surface area contributed by atoms with Gasteiger partial charge in [-0.2, -0.15) is 0 Å². The zero-order chi connectivity index (χ0) is 40.3. The summed E-state index contributed by atoms with van der Waals surface area (Å²) in [5.74, 6) is 1.67. The lowest BCUT2D eigenvalue weighted by Crippen LogP contribution is -2.10. The van der Waals surface area contributed by atoms with Crippen molar-refractivity contribution < 1.29 is 9.15 Å². The van der Waals surface area contributed by atoms with Crippen molar-refractivity contribution in [2.24, 2.45) is 0 Å². The number of para-hydroxylation sites is 2. The van der Waals surface area contributed by atoms with Gasteiger partial charge in [0, 0.05) is 44.5 Å². The van der Waals surface area contributed by atoms with Crippen molar-refractivity contribution >= 4 is 49.8 Å². The first kappa shape index (κ1) is 34.9. The van der Waals surface area contributed by atoms with E-state index in [1.807, 2.05) is 12.1 Å². The highest BCUT2D eigenvalue weighted by Crippen LogP contribution is 2.52. The first-order valence-corrected chi connectivity index (χ1v) is 20.7. The van der Waals surface area contributed by atoms with Gasteiger partial charge in [0.25, 0.3) is 0 Å². The van der Waals surface area contributed by atoms with Gasteiger partial charge in [0.1, 0.15) is 22.7 Å². The van der Waals surface area contributed by atoms with E-state index in [9.17, 15) is 0 Å². The van der Waals surface area contributed by atoms with Crippen molar-refractivity contribution in [1.82, 2.24) is 0 Å². The fraction of sp³-hybridized carbons (Fsp3) is 0. The molecule has 12 rings (SSSR count). The average Bonchev–Trinajstić information content (AvgIpc) is 3.65. The minimum atomic E-state index is 0.820. The largest absolute Gasteiger partial charge is 0.456 e. The molecule has 0 aliphatic carbocycles. The van der Waals surface area contributed by atoms with E-state index in [1.54, 1.807) is 0 Å². The first-order chi connectivity index (χ1) is 30.2. The van der Waals surface area contributed by atoms with Gasteiger partial charge in [-0.15, -0.1) is 0 Å².